The van der Waals surface area contributed by atoms with Crippen LogP contribution in [0.4, 0.5) is 5.82 Å². The molecule has 2 aromatic rings. The second kappa shape index (κ2) is 5.00. The lowest BCUT2D eigenvalue weighted by Gasteiger charge is -2.13. The van der Waals surface area contributed by atoms with Crippen LogP contribution in [0, 0.1) is 34.6 Å². The van der Waals surface area contributed by atoms with Crippen molar-refractivity contribution in [2.75, 3.05) is 12.4 Å². The highest BCUT2D eigenvalue weighted by atomic mass is 15.0. The van der Waals surface area contributed by atoms with Crippen molar-refractivity contribution in [3.05, 3.63) is 40.1 Å². The molecule has 0 aliphatic carbocycles. The molecule has 0 unspecified atom stereocenters. The molecule has 0 aliphatic rings. The molecule has 0 amide bonds. The summed E-state index contributed by atoms with van der Waals surface area (Å²) in [6.07, 6.45) is 0. The molecule has 100 valence electrons. The molecule has 3 nitrogen and oxygen atoms in total. The molecule has 0 fully saturated rings. The van der Waals surface area contributed by atoms with E-state index in [0.29, 0.717) is 0 Å². The second-order valence-corrected chi connectivity index (χ2v) is 5.11. The van der Waals surface area contributed by atoms with Gasteiger partial charge in [-0.15, -0.1) is 0 Å². The highest BCUT2D eigenvalue weighted by Gasteiger charge is 2.11. The molecule has 0 aliphatic heterocycles. The molecule has 1 aromatic heterocycles. The van der Waals surface area contributed by atoms with E-state index in [0.717, 1.165) is 28.5 Å². The van der Waals surface area contributed by atoms with Gasteiger partial charge in [0.05, 0.1) is 0 Å². The maximum atomic E-state index is 4.63. The smallest absolute Gasteiger partial charge is 0.162 e. The zero-order valence-electron chi connectivity index (χ0n) is 12.5. The Morgan fingerprint density at radius 2 is 1.47 bits per heavy atom. The molecule has 1 heterocycles. The van der Waals surface area contributed by atoms with Crippen LogP contribution in [0.3, 0.4) is 0 Å². The topological polar surface area (TPSA) is 37.8 Å². The summed E-state index contributed by atoms with van der Waals surface area (Å²) in [6, 6.07) is 4.37. The number of nitrogens with zero attached hydrogens (tertiary/aromatic N) is 2. The van der Waals surface area contributed by atoms with Gasteiger partial charge in [-0.2, -0.15) is 0 Å². The summed E-state index contributed by atoms with van der Waals surface area (Å²) in [5.74, 6) is 1.70. The van der Waals surface area contributed by atoms with Crippen LogP contribution in [0.25, 0.3) is 11.4 Å². The summed E-state index contributed by atoms with van der Waals surface area (Å²) in [7, 11) is 1.89. The minimum atomic E-state index is 0.799. The van der Waals surface area contributed by atoms with Crippen molar-refractivity contribution < 1.29 is 0 Å². The molecular formula is C16H21N3. The number of hydrogen-bond donors (Lipinski definition) is 1. The number of benzene rings is 1. The number of hydrogen-bond acceptors (Lipinski definition) is 3. The Bertz CT molecular complexity index is 630. The molecule has 19 heavy (non-hydrogen) atoms. The fourth-order valence-corrected chi connectivity index (χ4v) is 2.19. The van der Waals surface area contributed by atoms with Crippen LogP contribution in [-0.4, -0.2) is 17.0 Å². The van der Waals surface area contributed by atoms with Gasteiger partial charge < -0.3 is 5.32 Å². The number of aryl methyl sites for hydroxylation is 4. The average molecular weight is 255 g/mol. The lowest BCUT2D eigenvalue weighted by atomic mass is 10.00. The van der Waals surface area contributed by atoms with Crippen molar-refractivity contribution in [1.29, 1.82) is 0 Å². The molecule has 0 radical (unpaired) electrons. The first-order valence-electron chi connectivity index (χ1n) is 6.55. The van der Waals surface area contributed by atoms with E-state index < -0.39 is 0 Å². The third-order valence-corrected chi connectivity index (χ3v) is 3.71. The van der Waals surface area contributed by atoms with Crippen molar-refractivity contribution >= 4 is 5.82 Å². The highest BCUT2D eigenvalue weighted by molar-refractivity contribution is 5.65. The molecule has 1 aromatic carbocycles. The molecule has 0 spiro atoms. The van der Waals surface area contributed by atoms with Crippen LogP contribution in [0.1, 0.15) is 27.9 Å². The van der Waals surface area contributed by atoms with Gasteiger partial charge in [-0.25, -0.2) is 9.97 Å². The van der Waals surface area contributed by atoms with E-state index in [-0.39, 0.29) is 0 Å². The maximum Gasteiger partial charge on any atom is 0.162 e. The third-order valence-electron chi connectivity index (χ3n) is 3.71. The van der Waals surface area contributed by atoms with Gasteiger partial charge >= 0.3 is 0 Å². The lowest BCUT2D eigenvalue weighted by molar-refractivity contribution is 1.06. The fourth-order valence-electron chi connectivity index (χ4n) is 2.19. The van der Waals surface area contributed by atoms with Crippen LogP contribution in [0.5, 0.6) is 0 Å². The van der Waals surface area contributed by atoms with E-state index in [1.807, 2.05) is 20.9 Å². The minimum absolute atomic E-state index is 0.799. The van der Waals surface area contributed by atoms with Gasteiger partial charge in [0.15, 0.2) is 5.82 Å². The van der Waals surface area contributed by atoms with Crippen LogP contribution in [-0.2, 0) is 0 Å². The van der Waals surface area contributed by atoms with Gasteiger partial charge in [-0.05, 0) is 57.4 Å². The molecule has 0 saturated carbocycles. The van der Waals surface area contributed by atoms with E-state index in [1.54, 1.807) is 0 Å². The summed E-state index contributed by atoms with van der Waals surface area (Å²) in [5, 5.41) is 3.14. The Hall–Kier alpha value is -1.90. The van der Waals surface area contributed by atoms with Crippen LogP contribution in [0.2, 0.25) is 0 Å². The summed E-state index contributed by atoms with van der Waals surface area (Å²) < 4.78 is 0. The van der Waals surface area contributed by atoms with Gasteiger partial charge in [0.25, 0.3) is 0 Å². The Kier molecular flexibility index (Phi) is 3.56. The normalized spacial score (nSPS) is 10.6. The predicted octanol–water partition coefficient (Wildman–Crippen LogP) is 3.73. The molecule has 0 saturated heterocycles. The molecular weight excluding hydrogens is 234 g/mol. The van der Waals surface area contributed by atoms with Crippen LogP contribution >= 0.6 is 0 Å². The average Bonchev–Trinajstić information content (AvgIpc) is 2.37. The predicted molar refractivity (Wildman–Crippen MR) is 80.7 cm³/mol. The van der Waals surface area contributed by atoms with Crippen LogP contribution in [0.15, 0.2) is 12.1 Å². The second-order valence-electron chi connectivity index (χ2n) is 5.11. The van der Waals surface area contributed by atoms with Crippen molar-refractivity contribution in [3.63, 3.8) is 0 Å². The van der Waals surface area contributed by atoms with E-state index in [1.165, 1.54) is 16.7 Å². The number of nitrogens with one attached hydrogen (secondary N) is 1. The summed E-state index contributed by atoms with van der Waals surface area (Å²) in [5.41, 5.74) is 7.03. The number of rotatable bonds is 2. The monoisotopic (exact) mass is 255 g/mol. The SMILES string of the molecule is CNc1nc(-c2cc(C)c(C)cc2C)nc(C)c1C. The van der Waals surface area contributed by atoms with Gasteiger partial charge in [-0.1, -0.05) is 6.07 Å². The Morgan fingerprint density at radius 1 is 0.842 bits per heavy atom. The Balaban J connectivity index is 2.65. The molecule has 0 atom stereocenters. The number of aromatic nitrogens is 2. The number of anilines is 1. The van der Waals surface area contributed by atoms with E-state index in [2.05, 4.69) is 48.2 Å². The van der Waals surface area contributed by atoms with Gasteiger partial charge in [0, 0.05) is 23.9 Å². The minimum Gasteiger partial charge on any atom is -0.373 e. The quantitative estimate of drug-likeness (QED) is 0.888. The van der Waals surface area contributed by atoms with Crippen molar-refractivity contribution in [2.24, 2.45) is 0 Å². The first-order valence-corrected chi connectivity index (χ1v) is 6.55. The first-order chi connectivity index (χ1) is 8.93. The maximum absolute atomic E-state index is 4.63. The van der Waals surface area contributed by atoms with Crippen molar-refractivity contribution in [2.45, 2.75) is 34.6 Å². The zero-order valence-corrected chi connectivity index (χ0v) is 12.5. The fraction of sp³-hybridized carbons (Fsp3) is 0.375. The summed E-state index contributed by atoms with van der Waals surface area (Å²) in [6.45, 7) is 10.4. The Labute approximate surface area is 115 Å². The van der Waals surface area contributed by atoms with Gasteiger partial charge in [0.1, 0.15) is 5.82 Å². The first kappa shape index (κ1) is 13.5. The standard InChI is InChI=1S/C16H21N3/c1-9-7-11(3)14(8-10(9)2)16-18-13(5)12(4)15(17-6)19-16/h7-8H,1-6H3,(H,17,18,19). The molecule has 1 N–H and O–H groups in total. The van der Waals surface area contributed by atoms with Crippen molar-refractivity contribution in [3.8, 4) is 11.4 Å². The summed E-state index contributed by atoms with van der Waals surface area (Å²) >= 11 is 0. The van der Waals surface area contributed by atoms with E-state index >= 15 is 0 Å². The third kappa shape index (κ3) is 2.46. The van der Waals surface area contributed by atoms with Crippen molar-refractivity contribution in [1.82, 2.24) is 9.97 Å². The van der Waals surface area contributed by atoms with E-state index in [4.69, 9.17) is 0 Å². The van der Waals surface area contributed by atoms with E-state index in [9.17, 15) is 0 Å². The molecule has 0 bridgehead atoms. The largest absolute Gasteiger partial charge is 0.373 e. The molecule has 2 rings (SSSR count). The Morgan fingerprint density at radius 3 is 2.11 bits per heavy atom. The zero-order chi connectivity index (χ0) is 14.2. The van der Waals surface area contributed by atoms with Gasteiger partial charge in [0.2, 0.25) is 0 Å². The van der Waals surface area contributed by atoms with Gasteiger partial charge in [-0.3, -0.25) is 0 Å². The van der Waals surface area contributed by atoms with Crippen LogP contribution < -0.4 is 5.32 Å². The molecule has 3 heteroatoms. The lowest BCUT2D eigenvalue weighted by Crippen LogP contribution is -2.03. The summed E-state index contributed by atoms with van der Waals surface area (Å²) in [4.78, 5) is 9.26. The highest BCUT2D eigenvalue weighted by Crippen LogP contribution is 2.26.